The number of amides is 1. The molecule has 0 radical (unpaired) electrons. The number of rotatable bonds is 5. The van der Waals surface area contributed by atoms with E-state index in [0.717, 1.165) is 31.7 Å². The van der Waals surface area contributed by atoms with Crippen LogP contribution in [0.3, 0.4) is 0 Å². The molecule has 0 atom stereocenters. The third-order valence-electron chi connectivity index (χ3n) is 3.48. The largest absolute Gasteiger partial charge is 0.326 e. The van der Waals surface area contributed by atoms with E-state index in [0.29, 0.717) is 6.42 Å². The molecule has 0 aromatic heterocycles. The fraction of sp³-hybridized carbons (Fsp3) is 0.500. The van der Waals surface area contributed by atoms with Gasteiger partial charge in [0, 0.05) is 12.2 Å². The minimum Gasteiger partial charge on any atom is -0.326 e. The highest BCUT2D eigenvalue weighted by Gasteiger charge is 2.20. The summed E-state index contributed by atoms with van der Waals surface area (Å²) >= 11 is 0. The maximum atomic E-state index is 11.4. The summed E-state index contributed by atoms with van der Waals surface area (Å²) in [5, 5.41) is 2.90. The maximum Gasteiger partial charge on any atom is 0.228 e. The molecule has 0 unspecified atom stereocenters. The van der Waals surface area contributed by atoms with Crippen LogP contribution in [-0.2, 0) is 17.6 Å². The number of anilines is 1. The fourth-order valence-corrected chi connectivity index (χ4v) is 2.37. The summed E-state index contributed by atoms with van der Waals surface area (Å²) in [4.78, 5) is 13.8. The second-order valence-corrected chi connectivity index (χ2v) is 4.45. The number of carbonyl (C=O) groups is 1. The highest BCUT2D eigenvalue weighted by Crippen LogP contribution is 2.26. The minimum absolute atomic E-state index is 0.121. The van der Waals surface area contributed by atoms with E-state index in [1.54, 1.807) is 0 Å². The van der Waals surface area contributed by atoms with Crippen LogP contribution in [-0.4, -0.2) is 30.4 Å². The van der Waals surface area contributed by atoms with E-state index in [9.17, 15) is 4.79 Å². The summed E-state index contributed by atoms with van der Waals surface area (Å²) in [6.07, 6.45) is 1.57. The molecule has 3 heteroatoms. The van der Waals surface area contributed by atoms with Crippen molar-refractivity contribution in [1.29, 1.82) is 0 Å². The van der Waals surface area contributed by atoms with Gasteiger partial charge in [-0.2, -0.15) is 0 Å². The van der Waals surface area contributed by atoms with Crippen LogP contribution in [0.25, 0.3) is 0 Å². The topological polar surface area (TPSA) is 32.3 Å². The first-order valence-electron chi connectivity index (χ1n) is 6.37. The summed E-state index contributed by atoms with van der Waals surface area (Å²) in [6, 6.07) is 6.16. The molecule has 0 bridgehead atoms. The number of benzene rings is 1. The first-order chi connectivity index (χ1) is 8.24. The van der Waals surface area contributed by atoms with E-state index in [4.69, 9.17) is 0 Å². The number of hydrogen-bond donors (Lipinski definition) is 1. The molecule has 0 spiro atoms. The quantitative estimate of drug-likeness (QED) is 0.843. The Morgan fingerprint density at radius 2 is 2.06 bits per heavy atom. The molecule has 92 valence electrons. The Bertz CT molecular complexity index is 411. The second kappa shape index (κ2) is 5.32. The number of nitrogens with one attached hydrogen (secondary N) is 1. The van der Waals surface area contributed by atoms with E-state index < -0.39 is 0 Å². The van der Waals surface area contributed by atoms with Gasteiger partial charge in [0.1, 0.15) is 0 Å². The molecule has 1 aliphatic heterocycles. The number of likely N-dealkylation sites (N-methyl/N-ethyl adjacent to an activating group) is 1. The van der Waals surface area contributed by atoms with Gasteiger partial charge in [-0.25, -0.2) is 0 Å². The normalized spacial score (nSPS) is 13.9. The zero-order valence-corrected chi connectivity index (χ0v) is 10.6. The number of fused-ring (bicyclic) bond motifs is 1. The average Bonchev–Trinajstić information content (AvgIpc) is 2.71. The van der Waals surface area contributed by atoms with E-state index in [1.165, 1.54) is 11.1 Å². The zero-order chi connectivity index (χ0) is 12.3. The van der Waals surface area contributed by atoms with Crippen molar-refractivity contribution in [1.82, 2.24) is 4.90 Å². The van der Waals surface area contributed by atoms with Crippen molar-refractivity contribution in [2.24, 2.45) is 0 Å². The van der Waals surface area contributed by atoms with Crippen molar-refractivity contribution in [3.8, 4) is 0 Å². The lowest BCUT2D eigenvalue weighted by Gasteiger charge is -2.18. The van der Waals surface area contributed by atoms with Gasteiger partial charge in [-0.1, -0.05) is 26.0 Å². The van der Waals surface area contributed by atoms with E-state index in [-0.39, 0.29) is 5.91 Å². The van der Waals surface area contributed by atoms with Gasteiger partial charge < -0.3 is 10.2 Å². The Hall–Kier alpha value is -1.35. The van der Waals surface area contributed by atoms with Crippen molar-refractivity contribution in [3.05, 3.63) is 29.3 Å². The van der Waals surface area contributed by atoms with Gasteiger partial charge in [-0.15, -0.1) is 0 Å². The van der Waals surface area contributed by atoms with Gasteiger partial charge in [-0.05, 0) is 36.7 Å². The molecule has 0 aliphatic carbocycles. The molecule has 1 heterocycles. The van der Waals surface area contributed by atoms with E-state index in [2.05, 4.69) is 30.1 Å². The summed E-state index contributed by atoms with van der Waals surface area (Å²) in [5.74, 6) is 0.121. The smallest absolute Gasteiger partial charge is 0.228 e. The first kappa shape index (κ1) is 12.1. The van der Waals surface area contributed by atoms with Crippen molar-refractivity contribution in [2.45, 2.75) is 26.7 Å². The molecular weight excluding hydrogens is 212 g/mol. The van der Waals surface area contributed by atoms with Crippen LogP contribution in [0.4, 0.5) is 5.69 Å². The molecule has 2 rings (SSSR count). The third kappa shape index (κ3) is 2.67. The standard InChI is InChI=1S/C14H20N2O/c1-3-16(4-2)9-8-11-6-5-7-13-12(11)10-14(17)15-13/h5-7H,3-4,8-10H2,1-2H3,(H,15,17). The van der Waals surface area contributed by atoms with Crippen LogP contribution in [0.1, 0.15) is 25.0 Å². The van der Waals surface area contributed by atoms with E-state index in [1.807, 2.05) is 12.1 Å². The molecule has 1 N–H and O–H groups in total. The molecule has 17 heavy (non-hydrogen) atoms. The van der Waals surface area contributed by atoms with Crippen LogP contribution in [0, 0.1) is 0 Å². The predicted molar refractivity (Wildman–Crippen MR) is 70.3 cm³/mol. The molecule has 1 aromatic rings. The summed E-state index contributed by atoms with van der Waals surface area (Å²) in [6.45, 7) is 7.61. The Kier molecular flexibility index (Phi) is 3.79. The number of nitrogens with zero attached hydrogens (tertiary/aromatic N) is 1. The monoisotopic (exact) mass is 232 g/mol. The third-order valence-corrected chi connectivity index (χ3v) is 3.48. The van der Waals surface area contributed by atoms with E-state index >= 15 is 0 Å². The highest BCUT2D eigenvalue weighted by molar-refractivity contribution is 5.99. The lowest BCUT2D eigenvalue weighted by atomic mass is 10.0. The zero-order valence-electron chi connectivity index (χ0n) is 10.6. The molecule has 0 saturated carbocycles. The fourth-order valence-electron chi connectivity index (χ4n) is 2.37. The number of hydrogen-bond acceptors (Lipinski definition) is 2. The van der Waals surface area contributed by atoms with Gasteiger partial charge >= 0.3 is 0 Å². The number of carbonyl (C=O) groups excluding carboxylic acids is 1. The van der Waals surface area contributed by atoms with Gasteiger partial charge in [0.25, 0.3) is 0 Å². The van der Waals surface area contributed by atoms with Crippen molar-refractivity contribution in [3.63, 3.8) is 0 Å². The molecule has 3 nitrogen and oxygen atoms in total. The highest BCUT2D eigenvalue weighted by atomic mass is 16.1. The lowest BCUT2D eigenvalue weighted by molar-refractivity contribution is -0.115. The Morgan fingerprint density at radius 3 is 2.76 bits per heavy atom. The first-order valence-corrected chi connectivity index (χ1v) is 6.37. The minimum atomic E-state index is 0.121. The Balaban J connectivity index is 2.07. The van der Waals surface area contributed by atoms with Gasteiger partial charge in [-0.3, -0.25) is 4.79 Å². The van der Waals surface area contributed by atoms with Gasteiger partial charge in [0.2, 0.25) is 5.91 Å². The van der Waals surface area contributed by atoms with Crippen molar-refractivity contribution in [2.75, 3.05) is 25.0 Å². The van der Waals surface area contributed by atoms with Crippen molar-refractivity contribution >= 4 is 11.6 Å². The van der Waals surface area contributed by atoms with Crippen LogP contribution in [0.5, 0.6) is 0 Å². The van der Waals surface area contributed by atoms with Crippen LogP contribution in [0.15, 0.2) is 18.2 Å². The Morgan fingerprint density at radius 1 is 1.29 bits per heavy atom. The molecule has 1 aliphatic rings. The average molecular weight is 232 g/mol. The van der Waals surface area contributed by atoms with Crippen LogP contribution < -0.4 is 5.32 Å². The van der Waals surface area contributed by atoms with Crippen LogP contribution in [0.2, 0.25) is 0 Å². The maximum absolute atomic E-state index is 11.4. The molecule has 1 amide bonds. The predicted octanol–water partition coefficient (Wildman–Crippen LogP) is 2.07. The summed E-state index contributed by atoms with van der Waals surface area (Å²) < 4.78 is 0. The molecule has 1 aromatic carbocycles. The lowest BCUT2D eigenvalue weighted by Crippen LogP contribution is -2.25. The molecule has 0 fully saturated rings. The van der Waals surface area contributed by atoms with Gasteiger partial charge in [0.05, 0.1) is 6.42 Å². The SMILES string of the molecule is CCN(CC)CCc1cccc2c1CC(=O)N2. The summed E-state index contributed by atoms with van der Waals surface area (Å²) in [5.41, 5.74) is 3.52. The summed E-state index contributed by atoms with van der Waals surface area (Å²) in [7, 11) is 0. The van der Waals surface area contributed by atoms with Crippen LogP contribution >= 0.6 is 0 Å². The molecule has 0 saturated heterocycles. The Labute approximate surface area is 103 Å². The van der Waals surface area contributed by atoms with Gasteiger partial charge in [0.15, 0.2) is 0 Å². The van der Waals surface area contributed by atoms with Crippen molar-refractivity contribution < 1.29 is 4.79 Å². The second-order valence-electron chi connectivity index (χ2n) is 4.45. The molecular formula is C14H20N2O.